The third-order valence-electron chi connectivity index (χ3n) is 3.34. The minimum Gasteiger partial charge on any atom is -0.508 e. The van der Waals surface area contributed by atoms with Crippen LogP contribution in [0.4, 0.5) is 0 Å². The van der Waals surface area contributed by atoms with Gasteiger partial charge in [0.15, 0.2) is 5.43 Å². The molecule has 0 spiro atoms. The molecule has 1 N–H and O–H groups in total. The third-order valence-corrected chi connectivity index (χ3v) is 3.34. The summed E-state index contributed by atoms with van der Waals surface area (Å²) in [5.74, 6) is 0.190. The first kappa shape index (κ1) is 13.2. The van der Waals surface area contributed by atoms with Gasteiger partial charge in [0.05, 0.1) is 5.69 Å². The zero-order valence-electron chi connectivity index (χ0n) is 11.4. The number of hydrogen-bond donors (Lipinski definition) is 1. The molecule has 1 aromatic heterocycles. The van der Waals surface area contributed by atoms with Crippen molar-refractivity contribution < 1.29 is 5.11 Å². The summed E-state index contributed by atoms with van der Waals surface area (Å²) in [5.41, 5.74) is 2.73. The van der Waals surface area contributed by atoms with E-state index in [2.05, 4.69) is 0 Å². The molecule has 0 unspecified atom stereocenters. The molecule has 0 radical (unpaired) electrons. The predicted octanol–water partition coefficient (Wildman–Crippen LogP) is 3.27. The van der Waals surface area contributed by atoms with E-state index in [1.807, 2.05) is 41.0 Å². The van der Waals surface area contributed by atoms with E-state index in [9.17, 15) is 9.90 Å². The van der Waals surface area contributed by atoms with Crippen molar-refractivity contribution in [1.82, 2.24) is 4.57 Å². The van der Waals surface area contributed by atoms with Gasteiger partial charge in [0.1, 0.15) is 5.75 Å². The van der Waals surface area contributed by atoms with Crippen molar-refractivity contribution in [3.8, 4) is 17.0 Å². The number of pyridine rings is 1. The Labute approximate surface area is 122 Å². The number of hydrogen-bond acceptors (Lipinski definition) is 2. The monoisotopic (exact) mass is 277 g/mol. The first-order valence-electron chi connectivity index (χ1n) is 6.76. The molecule has 0 amide bonds. The van der Waals surface area contributed by atoms with Gasteiger partial charge < -0.3 is 9.67 Å². The molecule has 0 saturated carbocycles. The summed E-state index contributed by atoms with van der Waals surface area (Å²) in [4.78, 5) is 11.7. The normalized spacial score (nSPS) is 10.5. The molecule has 3 heteroatoms. The second kappa shape index (κ2) is 5.67. The zero-order valence-corrected chi connectivity index (χ0v) is 11.4. The van der Waals surface area contributed by atoms with Crippen LogP contribution in [0.5, 0.6) is 5.75 Å². The van der Waals surface area contributed by atoms with Crippen LogP contribution in [0.3, 0.4) is 0 Å². The van der Waals surface area contributed by atoms with E-state index in [1.54, 1.807) is 36.5 Å². The number of phenols is 1. The Hall–Kier alpha value is -2.81. The van der Waals surface area contributed by atoms with Gasteiger partial charge >= 0.3 is 0 Å². The van der Waals surface area contributed by atoms with Crippen molar-refractivity contribution in [2.75, 3.05) is 0 Å². The maximum atomic E-state index is 11.7. The van der Waals surface area contributed by atoms with Gasteiger partial charge in [-0.05, 0) is 17.7 Å². The number of aromatic hydroxyl groups is 1. The number of aromatic nitrogens is 1. The Balaban J connectivity index is 2.07. The molecule has 0 aliphatic carbocycles. The van der Waals surface area contributed by atoms with Crippen LogP contribution in [0.1, 0.15) is 5.56 Å². The van der Waals surface area contributed by atoms with Crippen molar-refractivity contribution in [1.29, 1.82) is 0 Å². The van der Waals surface area contributed by atoms with Crippen molar-refractivity contribution in [3.05, 3.63) is 88.7 Å². The van der Waals surface area contributed by atoms with E-state index >= 15 is 0 Å². The van der Waals surface area contributed by atoms with Crippen LogP contribution in [-0.4, -0.2) is 9.67 Å². The van der Waals surface area contributed by atoms with E-state index in [0.29, 0.717) is 6.54 Å². The average molecular weight is 277 g/mol. The molecule has 0 bridgehead atoms. The molecule has 3 nitrogen and oxygen atoms in total. The number of benzene rings is 2. The highest BCUT2D eigenvalue weighted by atomic mass is 16.3. The summed E-state index contributed by atoms with van der Waals surface area (Å²) >= 11 is 0. The first-order chi connectivity index (χ1) is 10.2. The lowest BCUT2D eigenvalue weighted by molar-refractivity contribution is 0.475. The fraction of sp³-hybridized carbons (Fsp3) is 0.0556. The van der Waals surface area contributed by atoms with Gasteiger partial charge in [-0.3, -0.25) is 4.79 Å². The molecule has 0 aliphatic rings. The smallest absolute Gasteiger partial charge is 0.182 e. The Morgan fingerprint density at radius 2 is 1.71 bits per heavy atom. The van der Waals surface area contributed by atoms with Crippen LogP contribution in [0.2, 0.25) is 0 Å². The zero-order chi connectivity index (χ0) is 14.7. The minimum absolute atomic E-state index is 0.0438. The van der Waals surface area contributed by atoms with Crippen molar-refractivity contribution in [2.24, 2.45) is 0 Å². The molecular weight excluding hydrogens is 262 g/mol. The highest BCUT2D eigenvalue weighted by Crippen LogP contribution is 2.22. The van der Waals surface area contributed by atoms with Crippen LogP contribution in [0, 0.1) is 0 Å². The van der Waals surface area contributed by atoms with Crippen LogP contribution >= 0.6 is 0 Å². The van der Waals surface area contributed by atoms with E-state index < -0.39 is 0 Å². The molecule has 3 aromatic rings. The van der Waals surface area contributed by atoms with Crippen molar-refractivity contribution >= 4 is 0 Å². The highest BCUT2D eigenvalue weighted by Gasteiger charge is 2.06. The van der Waals surface area contributed by atoms with Crippen LogP contribution in [0.15, 0.2) is 77.7 Å². The fourth-order valence-electron chi connectivity index (χ4n) is 2.34. The summed E-state index contributed by atoms with van der Waals surface area (Å²) < 4.78 is 2.01. The second-order valence-corrected chi connectivity index (χ2v) is 4.91. The van der Waals surface area contributed by atoms with Crippen LogP contribution in [-0.2, 0) is 6.54 Å². The molecule has 0 aliphatic heterocycles. The van der Waals surface area contributed by atoms with E-state index in [-0.39, 0.29) is 11.2 Å². The Morgan fingerprint density at radius 3 is 2.48 bits per heavy atom. The quantitative estimate of drug-likeness (QED) is 0.798. The molecule has 21 heavy (non-hydrogen) atoms. The van der Waals surface area contributed by atoms with Gasteiger partial charge in [0.25, 0.3) is 0 Å². The fourth-order valence-corrected chi connectivity index (χ4v) is 2.34. The molecule has 0 fully saturated rings. The van der Waals surface area contributed by atoms with Gasteiger partial charge in [-0.2, -0.15) is 0 Å². The van der Waals surface area contributed by atoms with E-state index in [0.717, 1.165) is 16.8 Å². The SMILES string of the molecule is O=c1ccn(Cc2ccccc2)c(-c2cccc(O)c2)c1. The molecule has 1 heterocycles. The number of phenolic OH excluding ortho intramolecular Hbond substituents is 1. The van der Waals surface area contributed by atoms with Gasteiger partial charge in [0.2, 0.25) is 0 Å². The molecule has 0 atom stereocenters. The Morgan fingerprint density at radius 1 is 0.905 bits per heavy atom. The summed E-state index contributed by atoms with van der Waals surface area (Å²) in [6.07, 6.45) is 1.79. The van der Waals surface area contributed by atoms with E-state index in [4.69, 9.17) is 0 Å². The summed E-state index contributed by atoms with van der Waals surface area (Å²) in [5, 5.41) is 9.64. The first-order valence-corrected chi connectivity index (χ1v) is 6.76. The van der Waals surface area contributed by atoms with Crippen molar-refractivity contribution in [2.45, 2.75) is 6.54 Å². The minimum atomic E-state index is -0.0438. The lowest BCUT2D eigenvalue weighted by Gasteiger charge is -2.13. The summed E-state index contributed by atoms with van der Waals surface area (Å²) in [6.45, 7) is 0.673. The largest absolute Gasteiger partial charge is 0.508 e. The van der Waals surface area contributed by atoms with Gasteiger partial charge in [-0.15, -0.1) is 0 Å². The maximum absolute atomic E-state index is 11.7. The van der Waals surface area contributed by atoms with Crippen LogP contribution < -0.4 is 5.43 Å². The molecule has 104 valence electrons. The summed E-state index contributed by atoms with van der Waals surface area (Å²) in [6, 6.07) is 20.1. The topological polar surface area (TPSA) is 42.2 Å². The van der Waals surface area contributed by atoms with E-state index in [1.165, 1.54) is 0 Å². The second-order valence-electron chi connectivity index (χ2n) is 4.91. The average Bonchev–Trinajstić information content (AvgIpc) is 2.50. The Kier molecular flexibility index (Phi) is 3.56. The lowest BCUT2D eigenvalue weighted by atomic mass is 10.1. The molecule has 3 rings (SSSR count). The third kappa shape index (κ3) is 3.03. The summed E-state index contributed by atoms with van der Waals surface area (Å²) in [7, 11) is 0. The van der Waals surface area contributed by atoms with Gasteiger partial charge in [-0.1, -0.05) is 42.5 Å². The number of rotatable bonds is 3. The number of nitrogens with zero attached hydrogens (tertiary/aromatic N) is 1. The maximum Gasteiger partial charge on any atom is 0.182 e. The van der Waals surface area contributed by atoms with Crippen molar-refractivity contribution in [3.63, 3.8) is 0 Å². The Bertz CT molecular complexity index is 807. The van der Waals surface area contributed by atoms with Crippen LogP contribution in [0.25, 0.3) is 11.3 Å². The molecule has 2 aromatic carbocycles. The molecular formula is C18H15NO2. The van der Waals surface area contributed by atoms with Gasteiger partial charge in [0, 0.05) is 30.4 Å². The predicted molar refractivity (Wildman–Crippen MR) is 83.3 cm³/mol. The highest BCUT2D eigenvalue weighted by molar-refractivity contribution is 5.61. The van der Waals surface area contributed by atoms with Gasteiger partial charge in [-0.25, -0.2) is 0 Å². The molecule has 0 saturated heterocycles. The lowest BCUT2D eigenvalue weighted by Crippen LogP contribution is -2.09. The standard InChI is InChI=1S/C18H15NO2/c20-16-8-4-7-15(11-16)18-12-17(21)9-10-19(18)13-14-5-2-1-3-6-14/h1-12,20H,13H2.